The molecule has 0 amide bonds. The number of aryl methyl sites for hydroxylation is 1. The van der Waals surface area contributed by atoms with E-state index < -0.39 is 14.6 Å². The first kappa shape index (κ1) is 15.8. The van der Waals surface area contributed by atoms with Gasteiger partial charge in [-0.05, 0) is 52.6 Å². The zero-order chi connectivity index (χ0) is 14.1. The van der Waals surface area contributed by atoms with Gasteiger partial charge in [0.1, 0.15) is 4.47 Å². The highest BCUT2D eigenvalue weighted by atomic mass is 79.9. The van der Waals surface area contributed by atoms with Crippen LogP contribution in [0.5, 0.6) is 0 Å². The minimum atomic E-state index is -3.26. The summed E-state index contributed by atoms with van der Waals surface area (Å²) >= 11 is 6.28. The fraction of sp³-hybridized carbons (Fsp3) is 0.600. The van der Waals surface area contributed by atoms with Crippen molar-refractivity contribution in [1.82, 2.24) is 9.78 Å². The van der Waals surface area contributed by atoms with E-state index in [1.54, 1.807) is 20.8 Å². The van der Waals surface area contributed by atoms with Crippen LogP contribution in [0.1, 0.15) is 20.8 Å². The number of rotatable bonds is 3. The first-order chi connectivity index (χ1) is 8.06. The molecule has 0 aliphatic heterocycles. The second-order valence-corrected chi connectivity index (χ2v) is 9.28. The molecule has 102 valence electrons. The van der Waals surface area contributed by atoms with Gasteiger partial charge in [-0.3, -0.25) is 4.79 Å². The molecule has 8 heteroatoms. The van der Waals surface area contributed by atoms with Crippen molar-refractivity contribution < 1.29 is 8.42 Å². The van der Waals surface area contributed by atoms with Gasteiger partial charge in [-0.1, -0.05) is 0 Å². The van der Waals surface area contributed by atoms with Crippen LogP contribution in [-0.4, -0.2) is 28.7 Å². The van der Waals surface area contributed by atoms with Crippen LogP contribution in [0.15, 0.2) is 19.9 Å². The Bertz CT molecular complexity index is 603. The normalized spacial score (nSPS) is 12.7. The Hall–Kier alpha value is -0.210. The van der Waals surface area contributed by atoms with Crippen molar-refractivity contribution in [3.05, 3.63) is 25.5 Å². The van der Waals surface area contributed by atoms with Crippen molar-refractivity contribution in [1.29, 1.82) is 0 Å². The Labute approximate surface area is 123 Å². The first-order valence-electron chi connectivity index (χ1n) is 5.19. The van der Waals surface area contributed by atoms with Crippen molar-refractivity contribution in [3.63, 3.8) is 0 Å². The maximum absolute atomic E-state index is 11.9. The van der Waals surface area contributed by atoms with Gasteiger partial charge in [-0.2, -0.15) is 5.10 Å². The minimum Gasteiger partial charge on any atom is -0.266 e. The van der Waals surface area contributed by atoms with E-state index in [1.165, 1.54) is 6.20 Å². The predicted molar refractivity (Wildman–Crippen MR) is 77.4 cm³/mol. The van der Waals surface area contributed by atoms with Gasteiger partial charge in [0.15, 0.2) is 9.84 Å². The number of sulfone groups is 1. The lowest BCUT2D eigenvalue weighted by atomic mass is 10.3. The number of nitrogens with zero attached hydrogens (tertiary/aromatic N) is 2. The summed E-state index contributed by atoms with van der Waals surface area (Å²) in [6.45, 7) is 4.95. The van der Waals surface area contributed by atoms with Crippen molar-refractivity contribution in [2.45, 2.75) is 32.1 Å². The first-order valence-corrected chi connectivity index (χ1v) is 8.43. The molecule has 1 aromatic heterocycles. The van der Waals surface area contributed by atoms with Crippen LogP contribution in [0.2, 0.25) is 0 Å². The van der Waals surface area contributed by atoms with Gasteiger partial charge in [0.05, 0.1) is 27.7 Å². The Balaban J connectivity index is 2.97. The lowest BCUT2D eigenvalue weighted by Gasteiger charge is -2.19. The average molecular weight is 402 g/mol. The summed E-state index contributed by atoms with van der Waals surface area (Å²) in [7, 11) is -3.26. The summed E-state index contributed by atoms with van der Waals surface area (Å²) in [6.07, 6.45) is 1.45. The van der Waals surface area contributed by atoms with Gasteiger partial charge in [0, 0.05) is 0 Å². The molecule has 1 rings (SSSR count). The van der Waals surface area contributed by atoms with Gasteiger partial charge in [-0.15, -0.1) is 0 Å². The molecule has 1 heterocycles. The number of aromatic nitrogens is 2. The topological polar surface area (TPSA) is 69.0 Å². The molecule has 0 N–H and O–H groups in total. The summed E-state index contributed by atoms with van der Waals surface area (Å²) in [4.78, 5) is 11.8. The van der Waals surface area contributed by atoms with E-state index in [1.807, 2.05) is 0 Å². The largest absolute Gasteiger partial charge is 0.282 e. The third-order valence-electron chi connectivity index (χ3n) is 2.45. The van der Waals surface area contributed by atoms with Crippen LogP contribution in [-0.2, 0) is 16.4 Å². The molecule has 18 heavy (non-hydrogen) atoms. The molecule has 0 radical (unpaired) electrons. The summed E-state index contributed by atoms with van der Waals surface area (Å²) in [5, 5.41) is 3.89. The molecule has 0 saturated carbocycles. The zero-order valence-corrected chi connectivity index (χ0v) is 14.3. The monoisotopic (exact) mass is 400 g/mol. The lowest BCUT2D eigenvalue weighted by Crippen LogP contribution is -2.34. The average Bonchev–Trinajstić information content (AvgIpc) is 2.23. The van der Waals surface area contributed by atoms with Crippen LogP contribution in [0.3, 0.4) is 0 Å². The number of hydrogen-bond acceptors (Lipinski definition) is 4. The number of hydrogen-bond donors (Lipinski definition) is 0. The van der Waals surface area contributed by atoms with E-state index in [-0.39, 0.29) is 17.9 Å². The van der Waals surface area contributed by atoms with Gasteiger partial charge in [0.25, 0.3) is 5.56 Å². The molecule has 0 spiro atoms. The Morgan fingerprint density at radius 2 is 1.89 bits per heavy atom. The molecule has 0 atom stereocenters. The van der Waals surface area contributed by atoms with Crippen LogP contribution in [0.4, 0.5) is 0 Å². The maximum Gasteiger partial charge on any atom is 0.282 e. The lowest BCUT2D eigenvalue weighted by molar-refractivity contribution is 0.542. The zero-order valence-electron chi connectivity index (χ0n) is 10.3. The highest BCUT2D eigenvalue weighted by molar-refractivity contribution is 9.13. The molecule has 0 aliphatic rings. The molecular formula is C10H14Br2N2O3S. The van der Waals surface area contributed by atoms with Gasteiger partial charge in [-0.25, -0.2) is 13.1 Å². The second-order valence-electron chi connectivity index (χ2n) is 4.77. The molecule has 0 aromatic carbocycles. The van der Waals surface area contributed by atoms with E-state index in [9.17, 15) is 13.2 Å². The molecule has 1 aromatic rings. The highest BCUT2D eigenvalue weighted by Crippen LogP contribution is 2.18. The fourth-order valence-corrected chi connectivity index (χ4v) is 2.71. The Morgan fingerprint density at radius 1 is 1.33 bits per heavy atom. The SMILES string of the molecule is CC(C)(C)S(=O)(=O)CCn1ncc(Br)c(Br)c1=O. The van der Waals surface area contributed by atoms with E-state index in [0.717, 1.165) is 4.68 Å². The Kier molecular flexibility index (Phi) is 4.77. The summed E-state index contributed by atoms with van der Waals surface area (Å²) in [6, 6.07) is 0. The molecule has 0 unspecified atom stereocenters. The highest BCUT2D eigenvalue weighted by Gasteiger charge is 2.28. The van der Waals surface area contributed by atoms with E-state index >= 15 is 0 Å². The van der Waals surface area contributed by atoms with Crippen LogP contribution < -0.4 is 5.56 Å². The number of halogens is 2. The molecule has 5 nitrogen and oxygen atoms in total. The standard InChI is InChI=1S/C10H14Br2N2O3S/c1-10(2,3)18(16,17)5-4-14-9(15)8(12)7(11)6-13-14/h6H,4-5H2,1-3H3. The fourth-order valence-electron chi connectivity index (χ4n) is 1.12. The second kappa shape index (κ2) is 5.42. The van der Waals surface area contributed by atoms with Crippen molar-refractivity contribution in [2.24, 2.45) is 0 Å². The molecule has 0 bridgehead atoms. The van der Waals surface area contributed by atoms with Crippen LogP contribution in [0.25, 0.3) is 0 Å². The van der Waals surface area contributed by atoms with E-state index in [0.29, 0.717) is 8.95 Å². The maximum atomic E-state index is 11.9. The molecule has 0 fully saturated rings. The third kappa shape index (κ3) is 3.42. The van der Waals surface area contributed by atoms with Crippen molar-refractivity contribution in [2.75, 3.05) is 5.75 Å². The Morgan fingerprint density at radius 3 is 2.39 bits per heavy atom. The van der Waals surface area contributed by atoms with Crippen LogP contribution >= 0.6 is 31.9 Å². The van der Waals surface area contributed by atoms with Gasteiger partial charge < -0.3 is 0 Å². The van der Waals surface area contributed by atoms with Gasteiger partial charge >= 0.3 is 0 Å². The van der Waals surface area contributed by atoms with Crippen molar-refractivity contribution >= 4 is 41.7 Å². The molecule has 0 saturated heterocycles. The minimum absolute atomic E-state index is 0.0459. The van der Waals surface area contributed by atoms with Gasteiger partial charge in [0.2, 0.25) is 0 Å². The van der Waals surface area contributed by atoms with Crippen LogP contribution in [0, 0.1) is 0 Å². The van der Waals surface area contributed by atoms with E-state index in [4.69, 9.17) is 0 Å². The third-order valence-corrected chi connectivity index (χ3v) is 6.93. The molecule has 0 aliphatic carbocycles. The quantitative estimate of drug-likeness (QED) is 0.776. The predicted octanol–water partition coefficient (Wildman–Crippen LogP) is 1.98. The summed E-state index contributed by atoms with van der Waals surface area (Å²) in [5.74, 6) is -0.114. The smallest absolute Gasteiger partial charge is 0.266 e. The summed E-state index contributed by atoms with van der Waals surface area (Å²) in [5.41, 5.74) is -0.353. The van der Waals surface area contributed by atoms with Crippen molar-refractivity contribution in [3.8, 4) is 0 Å². The summed E-state index contributed by atoms with van der Waals surface area (Å²) < 4.78 is 25.0. The van der Waals surface area contributed by atoms with E-state index in [2.05, 4.69) is 37.0 Å². The molecular weight excluding hydrogens is 388 g/mol.